The van der Waals surface area contributed by atoms with Crippen molar-refractivity contribution in [2.75, 3.05) is 39.3 Å². The van der Waals surface area contributed by atoms with Gasteiger partial charge < -0.3 is 24.5 Å². The number of Topliss-reactive ketones (excluding diaryl/α,β-unsaturated/α-hetero) is 1. The van der Waals surface area contributed by atoms with Gasteiger partial charge in [0.2, 0.25) is 0 Å². The van der Waals surface area contributed by atoms with E-state index in [0.717, 1.165) is 11.3 Å². The predicted octanol–water partition coefficient (Wildman–Crippen LogP) is 3.61. The van der Waals surface area contributed by atoms with Crippen molar-refractivity contribution in [3.05, 3.63) is 60.0 Å². The van der Waals surface area contributed by atoms with E-state index in [1.807, 2.05) is 36.4 Å². The Hall–Kier alpha value is -3.85. The van der Waals surface area contributed by atoms with Crippen molar-refractivity contribution in [2.24, 2.45) is 0 Å². The van der Waals surface area contributed by atoms with Gasteiger partial charge in [-0.25, -0.2) is 4.79 Å². The van der Waals surface area contributed by atoms with E-state index in [1.54, 1.807) is 19.5 Å². The molecule has 0 bridgehead atoms. The molecule has 0 unspecified atom stereocenters. The van der Waals surface area contributed by atoms with Crippen molar-refractivity contribution in [1.82, 2.24) is 14.9 Å². The molecule has 0 atom stereocenters. The van der Waals surface area contributed by atoms with Crippen LogP contribution in [0.2, 0.25) is 0 Å². The van der Waals surface area contributed by atoms with Crippen molar-refractivity contribution >= 4 is 23.3 Å². The molecule has 0 spiro atoms. The summed E-state index contributed by atoms with van der Waals surface area (Å²) in [6.45, 7) is 0.944. The lowest BCUT2D eigenvalue weighted by atomic mass is 10.0. The number of H-pyrrole nitrogens is 1. The lowest BCUT2D eigenvalue weighted by Crippen LogP contribution is -2.39. The average molecular weight is 436 g/mol. The number of hydrogen-bond donors (Lipinski definition) is 2. The number of rotatable bonds is 7. The van der Waals surface area contributed by atoms with Crippen LogP contribution in [0.25, 0.3) is 11.3 Å². The summed E-state index contributed by atoms with van der Waals surface area (Å²) in [4.78, 5) is 34.0. The van der Waals surface area contributed by atoms with Gasteiger partial charge in [0.25, 0.3) is 0 Å². The third-order valence-electron chi connectivity index (χ3n) is 5.11. The normalized spacial score (nSPS) is 12.9. The van der Waals surface area contributed by atoms with Gasteiger partial charge in [0, 0.05) is 30.3 Å². The summed E-state index contributed by atoms with van der Waals surface area (Å²) < 4.78 is 15.8. The number of ether oxygens (including phenoxy) is 3. The smallest absolute Gasteiger partial charge is 0.410 e. The van der Waals surface area contributed by atoms with Crippen LogP contribution in [0.3, 0.4) is 0 Å². The largest absolute Gasteiger partial charge is 0.489 e. The van der Waals surface area contributed by atoms with Crippen molar-refractivity contribution in [1.29, 1.82) is 0 Å². The Labute approximate surface area is 185 Å². The van der Waals surface area contributed by atoms with Crippen LogP contribution in [0.1, 0.15) is 16.1 Å². The van der Waals surface area contributed by atoms with Gasteiger partial charge in [-0.3, -0.25) is 14.7 Å². The van der Waals surface area contributed by atoms with Crippen LogP contribution in [0, 0.1) is 0 Å². The maximum absolute atomic E-state index is 13.1. The molecule has 1 aromatic carbocycles. The monoisotopic (exact) mass is 436 g/mol. The number of aromatic nitrogens is 2. The fraction of sp³-hybridized carbons (Fsp3) is 0.261. The number of para-hydroxylation sites is 1. The molecule has 2 N–H and O–H groups in total. The summed E-state index contributed by atoms with van der Waals surface area (Å²) in [6, 6.07) is 11.4. The molecule has 0 radical (unpaired) electrons. The molecule has 1 aliphatic rings. The number of benzene rings is 1. The Kier molecular flexibility index (Phi) is 6.37. The van der Waals surface area contributed by atoms with Crippen LogP contribution in [-0.2, 0) is 16.0 Å². The number of carbonyl (C=O) groups is 2. The Bertz CT molecular complexity index is 1110. The number of nitrogens with zero attached hydrogens (tertiary/aromatic N) is 2. The second-order valence-electron chi connectivity index (χ2n) is 7.18. The number of methoxy groups -OCH3 is 2. The minimum absolute atomic E-state index is 0.0615. The van der Waals surface area contributed by atoms with Crippen LogP contribution in [0.5, 0.6) is 5.75 Å². The second-order valence-corrected chi connectivity index (χ2v) is 7.18. The maximum Gasteiger partial charge on any atom is 0.410 e. The van der Waals surface area contributed by atoms with E-state index < -0.39 is 6.09 Å². The molecular weight excluding hydrogens is 412 g/mol. The summed E-state index contributed by atoms with van der Waals surface area (Å²) in [7, 11) is 2.90. The highest BCUT2D eigenvalue weighted by Crippen LogP contribution is 2.41. The Morgan fingerprint density at radius 2 is 1.97 bits per heavy atom. The molecule has 9 nitrogen and oxygen atoms in total. The first-order valence-electron chi connectivity index (χ1n) is 10.1. The molecule has 9 heteroatoms. The molecule has 0 fully saturated rings. The van der Waals surface area contributed by atoms with E-state index in [4.69, 9.17) is 14.2 Å². The molecule has 0 aliphatic carbocycles. The van der Waals surface area contributed by atoms with Gasteiger partial charge in [0.1, 0.15) is 12.4 Å². The van der Waals surface area contributed by atoms with Crippen molar-refractivity contribution in [3.63, 3.8) is 0 Å². The third-order valence-corrected chi connectivity index (χ3v) is 5.11. The maximum atomic E-state index is 13.1. The molecule has 3 aromatic rings. The van der Waals surface area contributed by atoms with Crippen molar-refractivity contribution in [3.8, 4) is 17.0 Å². The first-order valence-corrected chi connectivity index (χ1v) is 10.1. The molecule has 2 aromatic heterocycles. The quantitative estimate of drug-likeness (QED) is 0.545. The summed E-state index contributed by atoms with van der Waals surface area (Å²) in [5, 5.41) is 3.37. The van der Waals surface area contributed by atoms with Crippen LogP contribution in [-0.4, -0.2) is 60.7 Å². The number of amides is 1. The number of fused-ring (bicyclic) bond motifs is 1. The van der Waals surface area contributed by atoms with Gasteiger partial charge in [-0.1, -0.05) is 18.2 Å². The fourth-order valence-electron chi connectivity index (χ4n) is 3.66. The standard InChI is InChI=1S/C23H24N4O5/c1-30-10-11-32-19-12-24-9-8-16(19)21-22(25-15-6-4-3-5-7-15)20-17(26-21)13-27(14-18(20)28)23(29)31-2/h3-9,12,25-26H,10-11,13-14H2,1-2H3. The first-order chi connectivity index (χ1) is 15.6. The Morgan fingerprint density at radius 3 is 2.72 bits per heavy atom. The molecular formula is C23H24N4O5. The molecule has 1 aliphatic heterocycles. The zero-order chi connectivity index (χ0) is 22.5. The first kappa shape index (κ1) is 21.4. The Morgan fingerprint density at radius 1 is 1.16 bits per heavy atom. The number of hydrogen-bond acceptors (Lipinski definition) is 7. The van der Waals surface area contributed by atoms with Gasteiger partial charge in [0.05, 0.1) is 49.9 Å². The van der Waals surface area contributed by atoms with Gasteiger partial charge in [-0.05, 0) is 18.2 Å². The van der Waals surface area contributed by atoms with E-state index in [0.29, 0.717) is 41.6 Å². The van der Waals surface area contributed by atoms with Crippen LogP contribution < -0.4 is 10.1 Å². The summed E-state index contributed by atoms with van der Waals surface area (Å²) in [6.07, 6.45) is 2.73. The molecule has 1 amide bonds. The molecule has 4 rings (SSSR count). The summed E-state index contributed by atoms with van der Waals surface area (Å²) in [5.74, 6) is 0.366. The Balaban J connectivity index is 1.81. The number of ketones is 1. The van der Waals surface area contributed by atoms with Crippen LogP contribution >= 0.6 is 0 Å². The zero-order valence-corrected chi connectivity index (χ0v) is 17.9. The van der Waals surface area contributed by atoms with Crippen LogP contribution in [0.15, 0.2) is 48.8 Å². The number of pyridine rings is 1. The minimum Gasteiger partial charge on any atom is -0.489 e. The number of anilines is 2. The highest BCUT2D eigenvalue weighted by molar-refractivity contribution is 6.09. The predicted molar refractivity (Wildman–Crippen MR) is 118 cm³/mol. The highest BCUT2D eigenvalue weighted by atomic mass is 16.5. The van der Waals surface area contributed by atoms with E-state index in [2.05, 4.69) is 15.3 Å². The van der Waals surface area contributed by atoms with E-state index >= 15 is 0 Å². The van der Waals surface area contributed by atoms with E-state index in [-0.39, 0.29) is 18.9 Å². The van der Waals surface area contributed by atoms with Gasteiger partial charge in [-0.2, -0.15) is 0 Å². The number of nitrogens with one attached hydrogen (secondary N) is 2. The van der Waals surface area contributed by atoms with E-state index in [1.165, 1.54) is 12.0 Å². The highest BCUT2D eigenvalue weighted by Gasteiger charge is 2.33. The van der Waals surface area contributed by atoms with Gasteiger partial charge in [-0.15, -0.1) is 0 Å². The lowest BCUT2D eigenvalue weighted by Gasteiger charge is -2.25. The average Bonchev–Trinajstić information content (AvgIpc) is 3.18. The fourth-order valence-corrected chi connectivity index (χ4v) is 3.66. The van der Waals surface area contributed by atoms with Gasteiger partial charge >= 0.3 is 6.09 Å². The van der Waals surface area contributed by atoms with Crippen molar-refractivity contribution < 1.29 is 23.8 Å². The molecule has 166 valence electrons. The number of carbonyl (C=O) groups excluding carboxylic acids is 2. The zero-order valence-electron chi connectivity index (χ0n) is 17.9. The molecule has 3 heterocycles. The third kappa shape index (κ3) is 4.28. The summed E-state index contributed by atoms with van der Waals surface area (Å²) in [5.41, 5.74) is 4.01. The number of aromatic amines is 1. The second kappa shape index (κ2) is 9.52. The molecule has 0 saturated heterocycles. The van der Waals surface area contributed by atoms with Crippen molar-refractivity contribution in [2.45, 2.75) is 6.54 Å². The lowest BCUT2D eigenvalue weighted by molar-refractivity contribution is 0.0840. The van der Waals surface area contributed by atoms with E-state index in [9.17, 15) is 9.59 Å². The minimum atomic E-state index is -0.551. The summed E-state index contributed by atoms with van der Waals surface area (Å²) >= 11 is 0. The molecule has 0 saturated carbocycles. The SMILES string of the molecule is COCCOc1cnccc1-c1[nH]c2c(c1Nc1ccccc1)C(=O)CN(C(=O)OC)C2. The van der Waals surface area contributed by atoms with Crippen LogP contribution in [0.4, 0.5) is 16.2 Å². The molecule has 32 heavy (non-hydrogen) atoms. The topological polar surface area (TPSA) is 106 Å². The van der Waals surface area contributed by atoms with Gasteiger partial charge in [0.15, 0.2) is 5.78 Å².